The molecular formula is C10H16IN3O2. The normalized spacial score (nSPS) is 30.0. The maximum absolute atomic E-state index is 12.1. The molecule has 2 aliphatic rings. The van der Waals surface area contributed by atoms with Gasteiger partial charge in [-0.2, -0.15) is 0 Å². The lowest BCUT2D eigenvalue weighted by Crippen LogP contribution is -2.49. The molecule has 90 valence electrons. The second kappa shape index (κ2) is 4.50. The van der Waals surface area contributed by atoms with E-state index in [0.717, 1.165) is 16.7 Å². The monoisotopic (exact) mass is 337 g/mol. The maximum atomic E-state index is 12.1. The Kier molecular flexibility index (Phi) is 3.41. The Hall–Kier alpha value is -0.340. The third-order valence-corrected chi connectivity index (χ3v) is 4.04. The first-order chi connectivity index (χ1) is 7.52. The molecule has 1 amide bonds. The molecule has 2 N–H and O–H groups in total. The van der Waals surface area contributed by atoms with Gasteiger partial charge < -0.3 is 14.9 Å². The van der Waals surface area contributed by atoms with Crippen LogP contribution in [0.2, 0.25) is 0 Å². The minimum Gasteiger partial charge on any atom is -0.376 e. The van der Waals surface area contributed by atoms with Crippen LogP contribution in [0, 0.1) is 0 Å². The number of rotatable bonds is 3. The number of aliphatic hydroxyl groups excluding tert-OH is 1. The number of likely N-dealkylation sites (N-methyl/N-ethyl adjacent to an activating group) is 1. The van der Waals surface area contributed by atoms with Gasteiger partial charge >= 0.3 is 0 Å². The molecule has 0 spiro atoms. The van der Waals surface area contributed by atoms with E-state index < -0.39 is 6.23 Å². The lowest BCUT2D eigenvalue weighted by atomic mass is 10.2. The summed E-state index contributed by atoms with van der Waals surface area (Å²) in [5.74, 6) is 0.0515. The quantitative estimate of drug-likeness (QED) is 0.565. The lowest BCUT2D eigenvalue weighted by Gasteiger charge is -2.29. The van der Waals surface area contributed by atoms with E-state index in [1.165, 1.54) is 0 Å². The first kappa shape index (κ1) is 12.1. The van der Waals surface area contributed by atoms with Crippen LogP contribution in [-0.2, 0) is 4.79 Å². The molecule has 16 heavy (non-hydrogen) atoms. The third kappa shape index (κ3) is 2.18. The molecule has 1 unspecified atom stereocenters. The Morgan fingerprint density at radius 2 is 2.44 bits per heavy atom. The molecule has 2 aliphatic heterocycles. The van der Waals surface area contributed by atoms with Crippen LogP contribution in [0.1, 0.15) is 13.3 Å². The van der Waals surface area contributed by atoms with Crippen LogP contribution in [-0.4, -0.2) is 52.7 Å². The average Bonchev–Trinajstić information content (AvgIpc) is 2.83. The Morgan fingerprint density at radius 3 is 2.88 bits per heavy atom. The van der Waals surface area contributed by atoms with Crippen LogP contribution in [0.5, 0.6) is 0 Å². The van der Waals surface area contributed by atoms with Gasteiger partial charge in [-0.15, -0.1) is 0 Å². The van der Waals surface area contributed by atoms with Crippen LogP contribution in [0.3, 0.4) is 0 Å². The Balaban J connectivity index is 1.93. The molecule has 0 aromatic heterocycles. The zero-order valence-electron chi connectivity index (χ0n) is 9.35. The highest BCUT2D eigenvalue weighted by Gasteiger charge is 2.36. The molecule has 0 aromatic carbocycles. The number of nitrogens with zero attached hydrogens (tertiary/aromatic N) is 2. The van der Waals surface area contributed by atoms with Crippen molar-refractivity contribution in [1.29, 1.82) is 0 Å². The standard InChI is InChI=1S/C10H16IN3O2/c1-6(14-5-8(14)11)10(16)13(2)7-3-4-12-9(7)15/h5-7,9,12,15H,3-4H2,1-2H3/t6-,7-,9?,14?/m0/s1. The number of hydrogen-bond donors (Lipinski definition) is 2. The predicted molar refractivity (Wildman–Crippen MR) is 68.6 cm³/mol. The molecule has 2 heterocycles. The van der Waals surface area contributed by atoms with E-state index in [0.29, 0.717) is 0 Å². The highest BCUT2D eigenvalue weighted by atomic mass is 127. The fraction of sp³-hybridized carbons (Fsp3) is 0.700. The molecule has 0 aliphatic carbocycles. The first-order valence-electron chi connectivity index (χ1n) is 5.36. The lowest BCUT2D eigenvalue weighted by molar-refractivity contribution is -0.137. The highest BCUT2D eigenvalue weighted by Crippen LogP contribution is 2.31. The number of carbonyl (C=O) groups is 1. The van der Waals surface area contributed by atoms with Gasteiger partial charge in [-0.1, -0.05) is 0 Å². The molecule has 2 rings (SSSR count). The van der Waals surface area contributed by atoms with Crippen molar-refractivity contribution in [2.24, 2.45) is 0 Å². The summed E-state index contributed by atoms with van der Waals surface area (Å²) in [5.41, 5.74) is 0. The minimum absolute atomic E-state index is 0.0515. The second-order valence-electron chi connectivity index (χ2n) is 4.24. The van der Waals surface area contributed by atoms with Crippen molar-refractivity contribution >= 4 is 28.5 Å². The van der Waals surface area contributed by atoms with Crippen LogP contribution >= 0.6 is 22.6 Å². The fourth-order valence-electron chi connectivity index (χ4n) is 2.04. The molecule has 0 saturated carbocycles. The van der Waals surface area contributed by atoms with Crippen LogP contribution in [0.4, 0.5) is 0 Å². The van der Waals surface area contributed by atoms with Gasteiger partial charge in [0, 0.05) is 13.2 Å². The predicted octanol–water partition coefficient (Wildman–Crippen LogP) is 0.0631. The molecule has 5 nitrogen and oxygen atoms in total. The molecule has 6 heteroatoms. The summed E-state index contributed by atoms with van der Waals surface area (Å²) in [6.07, 6.45) is 2.16. The van der Waals surface area contributed by atoms with Crippen LogP contribution in [0.25, 0.3) is 0 Å². The van der Waals surface area contributed by atoms with Gasteiger partial charge in [0.25, 0.3) is 0 Å². The summed E-state index contributed by atoms with van der Waals surface area (Å²) in [6, 6.07) is -0.266. The Bertz CT molecular complexity index is 334. The van der Waals surface area contributed by atoms with Gasteiger partial charge in [0.05, 0.1) is 9.75 Å². The van der Waals surface area contributed by atoms with Gasteiger partial charge in [0.1, 0.15) is 12.3 Å². The van der Waals surface area contributed by atoms with E-state index in [1.54, 1.807) is 11.9 Å². The number of aliphatic hydroxyl groups is 1. The topological polar surface area (TPSA) is 55.6 Å². The van der Waals surface area contributed by atoms with E-state index in [2.05, 4.69) is 27.9 Å². The number of amides is 1. The fourth-order valence-corrected chi connectivity index (χ4v) is 2.76. The van der Waals surface area contributed by atoms with E-state index >= 15 is 0 Å². The largest absolute Gasteiger partial charge is 0.376 e. The summed E-state index contributed by atoms with van der Waals surface area (Å²) in [6.45, 7) is 2.65. The highest BCUT2D eigenvalue weighted by molar-refractivity contribution is 14.1. The van der Waals surface area contributed by atoms with Crippen molar-refractivity contribution < 1.29 is 9.90 Å². The van der Waals surface area contributed by atoms with Gasteiger partial charge in [-0.05, 0) is 42.5 Å². The van der Waals surface area contributed by atoms with E-state index in [4.69, 9.17) is 0 Å². The molecule has 3 atom stereocenters. The summed E-state index contributed by atoms with van der Waals surface area (Å²) >= 11 is 2.20. The van der Waals surface area contributed by atoms with Crippen LogP contribution in [0.15, 0.2) is 9.90 Å². The average molecular weight is 337 g/mol. The van der Waals surface area contributed by atoms with Gasteiger partial charge in [0.15, 0.2) is 0 Å². The molecule has 0 bridgehead atoms. The summed E-state index contributed by atoms with van der Waals surface area (Å²) in [4.78, 5) is 15.7. The molecule has 1 saturated heterocycles. The Labute approximate surface area is 109 Å². The number of carbonyl (C=O) groups excluding carboxylic acids is 1. The van der Waals surface area contributed by atoms with Gasteiger partial charge in [-0.3, -0.25) is 10.1 Å². The van der Waals surface area contributed by atoms with Crippen molar-refractivity contribution in [2.75, 3.05) is 13.6 Å². The van der Waals surface area contributed by atoms with Crippen molar-refractivity contribution in [3.63, 3.8) is 0 Å². The maximum Gasteiger partial charge on any atom is 0.245 e. The Morgan fingerprint density at radius 1 is 1.81 bits per heavy atom. The number of halogens is 1. The van der Waals surface area contributed by atoms with Crippen molar-refractivity contribution in [3.05, 3.63) is 9.90 Å². The van der Waals surface area contributed by atoms with E-state index in [-0.39, 0.29) is 18.0 Å². The zero-order valence-corrected chi connectivity index (χ0v) is 11.5. The number of nitrogens with one attached hydrogen (secondary N) is 1. The van der Waals surface area contributed by atoms with E-state index in [9.17, 15) is 9.90 Å². The summed E-state index contributed by atoms with van der Waals surface area (Å²) < 4.78 is 1.11. The minimum atomic E-state index is -0.595. The van der Waals surface area contributed by atoms with Crippen molar-refractivity contribution in [1.82, 2.24) is 15.1 Å². The molecular weight excluding hydrogens is 321 g/mol. The smallest absolute Gasteiger partial charge is 0.245 e. The first-order valence-corrected chi connectivity index (χ1v) is 6.44. The summed E-state index contributed by atoms with van der Waals surface area (Å²) in [5, 5.41) is 12.6. The number of hydrogen-bond acceptors (Lipinski definition) is 4. The summed E-state index contributed by atoms with van der Waals surface area (Å²) in [7, 11) is 1.76. The van der Waals surface area contributed by atoms with Crippen molar-refractivity contribution in [2.45, 2.75) is 31.7 Å². The zero-order chi connectivity index (χ0) is 11.9. The van der Waals surface area contributed by atoms with Crippen LogP contribution < -0.4 is 5.32 Å². The van der Waals surface area contributed by atoms with Crippen molar-refractivity contribution in [3.8, 4) is 0 Å². The SMILES string of the molecule is C[C@@H](C(=O)N(C)[C@H]1CCNC1O)N1C=C1I. The van der Waals surface area contributed by atoms with E-state index in [1.807, 2.05) is 18.0 Å². The third-order valence-electron chi connectivity index (χ3n) is 3.20. The second-order valence-corrected chi connectivity index (χ2v) is 5.34. The van der Waals surface area contributed by atoms with Gasteiger partial charge in [-0.25, -0.2) is 0 Å². The molecule has 0 aromatic rings. The molecule has 1 fully saturated rings. The molecule has 0 radical (unpaired) electrons. The van der Waals surface area contributed by atoms with Gasteiger partial charge in [0.2, 0.25) is 5.91 Å².